The van der Waals surface area contributed by atoms with Crippen molar-refractivity contribution in [3.05, 3.63) is 108 Å². The molecular weight excluding hydrogens is 416 g/mol. The lowest BCUT2D eigenvalue weighted by Gasteiger charge is -2.45. The van der Waals surface area contributed by atoms with Gasteiger partial charge in [-0.1, -0.05) is 91.0 Å². The van der Waals surface area contributed by atoms with E-state index in [0.717, 1.165) is 16.7 Å². The number of aliphatic hydroxyl groups is 2. The van der Waals surface area contributed by atoms with Gasteiger partial charge in [-0.15, -0.1) is 0 Å². The molecule has 0 bridgehead atoms. The van der Waals surface area contributed by atoms with Crippen molar-refractivity contribution in [2.24, 2.45) is 0 Å². The molecule has 6 atom stereocenters. The van der Waals surface area contributed by atoms with Gasteiger partial charge in [0.25, 0.3) is 0 Å². The van der Waals surface area contributed by atoms with Crippen molar-refractivity contribution >= 4 is 0 Å². The van der Waals surface area contributed by atoms with Gasteiger partial charge in [0.15, 0.2) is 24.6 Å². The highest BCUT2D eigenvalue weighted by Crippen LogP contribution is 2.35. The van der Waals surface area contributed by atoms with Gasteiger partial charge < -0.3 is 23.7 Å². The van der Waals surface area contributed by atoms with Crippen LogP contribution in [0.5, 0.6) is 0 Å². The summed E-state index contributed by atoms with van der Waals surface area (Å²) in [5.41, 5.74) is 3.25. The van der Waals surface area contributed by atoms with E-state index in [4.69, 9.17) is 23.7 Å². The maximum Gasteiger partial charge on any atom is 0.208 e. The molecule has 0 saturated carbocycles. The average Bonchev–Trinajstić information content (AvgIpc) is 2.88. The highest BCUT2D eigenvalue weighted by Gasteiger charge is 2.53. The van der Waals surface area contributed by atoms with E-state index in [0.29, 0.717) is 19.8 Å². The fraction of sp³-hybridized carbons (Fsp3) is 0.357. The van der Waals surface area contributed by atoms with Gasteiger partial charge in [-0.05, 0) is 11.1 Å². The number of rotatable bonds is 7. The molecule has 2 fully saturated rings. The molecule has 5 unspecified atom stereocenters. The van der Waals surface area contributed by atoms with Gasteiger partial charge in [0.05, 0.1) is 13.2 Å². The summed E-state index contributed by atoms with van der Waals surface area (Å²) >= 11 is 0. The Bertz CT molecular complexity index is 981. The predicted molar refractivity (Wildman–Crippen MR) is 126 cm³/mol. The second kappa shape index (κ2) is 10.6. The van der Waals surface area contributed by atoms with Crippen LogP contribution in [0, 0.1) is 0 Å². The molecule has 5 nitrogen and oxygen atoms in total. The Kier molecular flexibility index (Phi) is 7.15. The first kappa shape index (κ1) is 22.3. The van der Waals surface area contributed by atoms with Crippen molar-refractivity contribution in [2.45, 2.75) is 56.9 Å². The molecule has 2 heterocycles. The van der Waals surface area contributed by atoms with Gasteiger partial charge in [0.2, 0.25) is 6.10 Å². The molecule has 5 rings (SSSR count). The molecule has 33 heavy (non-hydrogen) atoms. The van der Waals surface area contributed by atoms with Gasteiger partial charge in [-0.2, -0.15) is 0 Å². The Hall–Kier alpha value is -2.54. The Balaban J connectivity index is 1.36. The van der Waals surface area contributed by atoms with Crippen LogP contribution in [0.1, 0.15) is 29.9 Å². The van der Waals surface area contributed by atoms with Crippen molar-refractivity contribution in [1.29, 1.82) is 0 Å². The third-order valence-electron chi connectivity index (χ3n) is 6.27. The molecule has 3 aromatic rings. The average molecular weight is 448 g/mol. The molecule has 2 aliphatic rings. The van der Waals surface area contributed by atoms with Crippen LogP contribution in [-0.2, 0) is 32.2 Å². The summed E-state index contributed by atoms with van der Waals surface area (Å²) < 4.78 is 30.5. The number of hydrogen-bond acceptors (Lipinski definition) is 4. The molecule has 3 aromatic carbocycles. The molecule has 0 amide bonds. The summed E-state index contributed by atoms with van der Waals surface area (Å²) in [4.78, 5) is 0. The lowest BCUT2D eigenvalue weighted by atomic mass is 9.94. The first-order valence-corrected chi connectivity index (χ1v) is 11.6. The molecule has 2 saturated heterocycles. The molecule has 0 radical (unpaired) electrons. The van der Waals surface area contributed by atoms with E-state index in [9.17, 15) is 0 Å². The van der Waals surface area contributed by atoms with Crippen molar-refractivity contribution < 1.29 is 23.7 Å². The Morgan fingerprint density at radius 3 is 1.91 bits per heavy atom. The third-order valence-corrected chi connectivity index (χ3v) is 6.27. The second-order valence-corrected chi connectivity index (χ2v) is 8.66. The lowest BCUT2D eigenvalue weighted by Crippen LogP contribution is -2.64. The van der Waals surface area contributed by atoms with Crippen LogP contribution in [0.15, 0.2) is 91.0 Å². The van der Waals surface area contributed by atoms with Crippen LogP contribution in [-0.4, -0.2) is 41.9 Å². The molecule has 172 valence electrons. The van der Waals surface area contributed by atoms with E-state index in [-0.39, 0.29) is 30.5 Å². The van der Waals surface area contributed by atoms with E-state index < -0.39 is 6.29 Å². The minimum atomic E-state index is -0.436. The van der Waals surface area contributed by atoms with Gasteiger partial charge in [0, 0.05) is 12.5 Å². The van der Waals surface area contributed by atoms with Crippen LogP contribution >= 0.6 is 0 Å². The standard InChI is InChI=1S/C28H30O5/c1-20-25(29-17-21-11-5-2-6-12-21)27(30-18-22-13-7-3-8-14-22)26-24(32-20)19-31-28(33-26)23-15-9-4-10-16-23/h2-16,20,24-28H,17-19H2,1H3/p+1/t20?,24?,25?,26-,27?,28?/m1/s1. The Labute approximate surface area is 195 Å². The summed E-state index contributed by atoms with van der Waals surface area (Å²) in [5, 5.41) is 0. The monoisotopic (exact) mass is 447 g/mol. The Morgan fingerprint density at radius 1 is 0.758 bits per heavy atom. The summed E-state index contributed by atoms with van der Waals surface area (Å²) in [6.07, 6.45) is -1.28. The van der Waals surface area contributed by atoms with E-state index in [2.05, 4.69) is 31.2 Å². The fourth-order valence-corrected chi connectivity index (χ4v) is 4.57. The van der Waals surface area contributed by atoms with Crippen molar-refractivity contribution in [2.75, 3.05) is 6.61 Å². The number of hydrogen-bond donors (Lipinski definition) is 0. The highest BCUT2D eigenvalue weighted by molar-refractivity contribution is 5.17. The maximum atomic E-state index is 6.53. The van der Waals surface area contributed by atoms with Crippen molar-refractivity contribution in [3.63, 3.8) is 0 Å². The minimum Gasteiger partial charge on any atom is -0.424 e. The van der Waals surface area contributed by atoms with Crippen LogP contribution in [0.4, 0.5) is 0 Å². The van der Waals surface area contributed by atoms with Crippen molar-refractivity contribution in [1.82, 2.24) is 0 Å². The van der Waals surface area contributed by atoms with E-state index >= 15 is 0 Å². The zero-order valence-electron chi connectivity index (χ0n) is 18.8. The molecule has 5 heteroatoms. The van der Waals surface area contributed by atoms with Crippen LogP contribution in [0.25, 0.3) is 0 Å². The van der Waals surface area contributed by atoms with Gasteiger partial charge in [-0.3, -0.25) is 0 Å². The SMILES string of the molecule is CC1[OH+]C2COC(c3ccccc3)O[C@H]2C(OCc2ccccc2)C1OCc1ccccc1. The second-order valence-electron chi connectivity index (χ2n) is 8.66. The van der Waals surface area contributed by atoms with Gasteiger partial charge in [0.1, 0.15) is 12.7 Å². The molecule has 1 N–H and O–H groups in total. The molecular formula is C28H31O5+. The minimum absolute atomic E-state index is 0.0313. The van der Waals surface area contributed by atoms with Crippen LogP contribution in [0.2, 0.25) is 0 Å². The summed E-state index contributed by atoms with van der Waals surface area (Å²) in [7, 11) is 0. The summed E-state index contributed by atoms with van der Waals surface area (Å²) in [5.74, 6) is 0. The lowest BCUT2D eigenvalue weighted by molar-refractivity contribution is -0.378. The number of benzene rings is 3. The molecule has 0 spiro atoms. The van der Waals surface area contributed by atoms with Crippen molar-refractivity contribution in [3.8, 4) is 0 Å². The maximum absolute atomic E-state index is 6.53. The largest absolute Gasteiger partial charge is 0.424 e. The molecule has 0 aliphatic carbocycles. The van der Waals surface area contributed by atoms with Gasteiger partial charge >= 0.3 is 0 Å². The van der Waals surface area contributed by atoms with E-state index in [1.165, 1.54) is 0 Å². The summed E-state index contributed by atoms with van der Waals surface area (Å²) in [6, 6.07) is 30.5. The fourth-order valence-electron chi connectivity index (χ4n) is 4.57. The topological polar surface area (TPSA) is 49.7 Å². The van der Waals surface area contributed by atoms with E-state index in [1.807, 2.05) is 66.7 Å². The first-order valence-electron chi connectivity index (χ1n) is 11.6. The zero-order valence-corrected chi connectivity index (χ0v) is 18.8. The van der Waals surface area contributed by atoms with Crippen LogP contribution in [0.3, 0.4) is 0 Å². The first-order chi connectivity index (χ1) is 16.3. The summed E-state index contributed by atoms with van der Waals surface area (Å²) in [6.45, 7) is 3.60. The van der Waals surface area contributed by atoms with Gasteiger partial charge in [-0.25, -0.2) is 0 Å². The number of fused-ring (bicyclic) bond motifs is 1. The zero-order chi connectivity index (χ0) is 22.5. The quantitative estimate of drug-likeness (QED) is 0.498. The van der Waals surface area contributed by atoms with E-state index in [1.54, 1.807) is 0 Å². The number of ether oxygens (including phenoxy) is 5. The Morgan fingerprint density at radius 2 is 1.30 bits per heavy atom. The smallest absolute Gasteiger partial charge is 0.208 e. The highest BCUT2D eigenvalue weighted by atomic mass is 16.7. The molecule has 0 aromatic heterocycles. The normalized spacial score (nSPS) is 29.4. The van der Waals surface area contributed by atoms with Crippen LogP contribution < -0.4 is 0 Å². The predicted octanol–water partition coefficient (Wildman–Crippen LogP) is 4.57. The molecule has 2 aliphatic heterocycles. The third kappa shape index (κ3) is 5.35.